The molecule has 0 spiro atoms. The Morgan fingerprint density at radius 3 is 2.60 bits per heavy atom. The van der Waals surface area contributed by atoms with Crippen LogP contribution in [0.25, 0.3) is 5.65 Å². The smallest absolute Gasteiger partial charge is 0.261 e. The van der Waals surface area contributed by atoms with Crippen molar-refractivity contribution in [1.29, 1.82) is 0 Å². The summed E-state index contributed by atoms with van der Waals surface area (Å²) in [5.74, 6) is 0. The maximum Gasteiger partial charge on any atom is 0.261 e. The van der Waals surface area contributed by atoms with Gasteiger partial charge in [-0.1, -0.05) is 18.2 Å². The number of fused-ring (bicyclic) bond motifs is 1. The number of pyridine rings is 1. The van der Waals surface area contributed by atoms with E-state index in [9.17, 15) is 8.42 Å². The van der Waals surface area contributed by atoms with Gasteiger partial charge in [0, 0.05) is 18.1 Å². The van der Waals surface area contributed by atoms with Crippen LogP contribution in [0.4, 0.5) is 5.69 Å². The summed E-state index contributed by atoms with van der Waals surface area (Å²) < 4.78 is 29.0. The van der Waals surface area contributed by atoms with Crippen LogP contribution in [-0.4, -0.2) is 17.8 Å². The predicted octanol–water partition coefficient (Wildman–Crippen LogP) is 2.44. The lowest BCUT2D eigenvalue weighted by atomic mass is 10.3. The van der Waals surface area contributed by atoms with Crippen molar-refractivity contribution >= 4 is 21.4 Å². The molecule has 0 saturated carbocycles. The second-order valence-electron chi connectivity index (χ2n) is 4.41. The van der Waals surface area contributed by atoms with Gasteiger partial charge < -0.3 is 4.40 Å². The van der Waals surface area contributed by atoms with Crippen LogP contribution in [-0.2, 0) is 10.0 Å². The fraction of sp³-hybridized carbons (Fsp3) is 0.0714. The zero-order valence-corrected chi connectivity index (χ0v) is 11.6. The third-order valence-electron chi connectivity index (χ3n) is 3.12. The Hall–Kier alpha value is -2.34. The van der Waals surface area contributed by atoms with Crippen molar-refractivity contribution in [3.05, 3.63) is 60.6 Å². The van der Waals surface area contributed by atoms with E-state index in [0.29, 0.717) is 5.69 Å². The molecule has 0 amide bonds. The van der Waals surface area contributed by atoms with E-state index in [1.165, 1.54) is 0 Å². The molecule has 0 fully saturated rings. The number of hydrogen-bond acceptors (Lipinski definition) is 3. The van der Waals surface area contributed by atoms with E-state index in [2.05, 4.69) is 9.71 Å². The first-order valence-corrected chi connectivity index (χ1v) is 7.57. The van der Waals surface area contributed by atoms with Crippen molar-refractivity contribution in [1.82, 2.24) is 9.38 Å². The van der Waals surface area contributed by atoms with Gasteiger partial charge in [0.2, 0.25) is 0 Å². The van der Waals surface area contributed by atoms with Crippen LogP contribution in [0.15, 0.2) is 59.8 Å². The summed E-state index contributed by atoms with van der Waals surface area (Å²) in [6.45, 7) is 1.84. The maximum absolute atomic E-state index is 12.3. The third-order valence-corrected chi connectivity index (χ3v) is 4.50. The quantitative estimate of drug-likeness (QED) is 0.804. The van der Waals surface area contributed by atoms with Crippen LogP contribution >= 0.6 is 0 Å². The van der Waals surface area contributed by atoms with Crippen molar-refractivity contribution in [2.24, 2.45) is 0 Å². The molecule has 5 nitrogen and oxygen atoms in total. The van der Waals surface area contributed by atoms with Gasteiger partial charge in [0.1, 0.15) is 5.65 Å². The lowest BCUT2D eigenvalue weighted by Gasteiger charge is -2.11. The number of aromatic nitrogens is 2. The molecule has 0 aliphatic heterocycles. The molecule has 1 N–H and O–H groups in total. The Morgan fingerprint density at radius 1 is 1.10 bits per heavy atom. The van der Waals surface area contributed by atoms with E-state index in [-0.39, 0.29) is 4.90 Å². The number of sulfonamides is 1. The molecule has 2 aromatic heterocycles. The van der Waals surface area contributed by atoms with Gasteiger partial charge in [-0.3, -0.25) is 4.72 Å². The van der Waals surface area contributed by atoms with Crippen molar-refractivity contribution in [3.8, 4) is 0 Å². The summed E-state index contributed by atoms with van der Waals surface area (Å²) in [5, 5.41) is 0. The summed E-state index contributed by atoms with van der Waals surface area (Å²) in [4.78, 5) is 4.40. The summed E-state index contributed by atoms with van der Waals surface area (Å²) in [7, 11) is -3.57. The number of imidazole rings is 1. The van der Waals surface area contributed by atoms with Crippen molar-refractivity contribution in [2.75, 3.05) is 4.72 Å². The second-order valence-corrected chi connectivity index (χ2v) is 6.09. The first kappa shape index (κ1) is 12.7. The molecule has 0 radical (unpaired) electrons. The number of benzene rings is 1. The molecule has 1 aromatic carbocycles. The van der Waals surface area contributed by atoms with Crippen LogP contribution in [0.2, 0.25) is 0 Å². The molecule has 0 aliphatic rings. The standard InChI is InChI=1S/C14H13N3O2S/c1-11-13(7-8-14-15-9-10-17(11)14)16-20(18,19)12-5-3-2-4-6-12/h2-10,16H,1H3. The zero-order chi connectivity index (χ0) is 14.2. The molecule has 2 heterocycles. The largest absolute Gasteiger partial charge is 0.302 e. The lowest BCUT2D eigenvalue weighted by Crippen LogP contribution is -2.14. The number of nitrogens with zero attached hydrogens (tertiary/aromatic N) is 2. The fourth-order valence-electron chi connectivity index (χ4n) is 2.04. The lowest BCUT2D eigenvalue weighted by molar-refractivity contribution is 0.601. The van der Waals surface area contributed by atoms with Gasteiger partial charge in [-0.15, -0.1) is 0 Å². The van der Waals surface area contributed by atoms with E-state index < -0.39 is 10.0 Å². The molecule has 0 saturated heterocycles. The second kappa shape index (κ2) is 4.64. The van der Waals surface area contributed by atoms with E-state index in [0.717, 1.165) is 11.3 Å². The summed E-state index contributed by atoms with van der Waals surface area (Å²) in [5.41, 5.74) is 2.11. The van der Waals surface area contributed by atoms with E-state index in [4.69, 9.17) is 0 Å². The normalized spacial score (nSPS) is 11.7. The topological polar surface area (TPSA) is 63.5 Å². The van der Waals surface area contributed by atoms with Crippen LogP contribution in [0.3, 0.4) is 0 Å². The highest BCUT2D eigenvalue weighted by Crippen LogP contribution is 2.20. The molecule has 0 bridgehead atoms. The highest BCUT2D eigenvalue weighted by molar-refractivity contribution is 7.92. The highest BCUT2D eigenvalue weighted by atomic mass is 32.2. The third kappa shape index (κ3) is 2.14. The Morgan fingerprint density at radius 2 is 1.85 bits per heavy atom. The molecule has 3 rings (SSSR count). The Bertz CT molecular complexity index is 855. The van der Waals surface area contributed by atoms with Crippen LogP contribution in [0, 0.1) is 6.92 Å². The summed E-state index contributed by atoms with van der Waals surface area (Å²) >= 11 is 0. The van der Waals surface area contributed by atoms with Gasteiger partial charge in [0.05, 0.1) is 10.6 Å². The van der Waals surface area contributed by atoms with Crippen LogP contribution < -0.4 is 4.72 Å². The number of hydrogen-bond donors (Lipinski definition) is 1. The summed E-state index contributed by atoms with van der Waals surface area (Å²) in [6.07, 6.45) is 3.47. The van der Waals surface area contributed by atoms with Crippen molar-refractivity contribution < 1.29 is 8.42 Å². The van der Waals surface area contributed by atoms with Crippen LogP contribution in [0.5, 0.6) is 0 Å². The van der Waals surface area contributed by atoms with Crippen molar-refractivity contribution in [2.45, 2.75) is 11.8 Å². The minimum atomic E-state index is -3.57. The SMILES string of the molecule is Cc1c(NS(=O)(=O)c2ccccc2)ccc2nccn12. The Labute approximate surface area is 117 Å². The van der Waals surface area contributed by atoms with Gasteiger partial charge in [0.25, 0.3) is 10.0 Å². The van der Waals surface area contributed by atoms with Gasteiger partial charge >= 0.3 is 0 Å². The van der Waals surface area contributed by atoms with E-state index in [1.54, 1.807) is 54.9 Å². The first-order chi connectivity index (χ1) is 9.58. The highest BCUT2D eigenvalue weighted by Gasteiger charge is 2.15. The van der Waals surface area contributed by atoms with Gasteiger partial charge in [-0.25, -0.2) is 13.4 Å². The monoisotopic (exact) mass is 287 g/mol. The van der Waals surface area contributed by atoms with E-state index >= 15 is 0 Å². The van der Waals surface area contributed by atoms with Gasteiger partial charge in [0.15, 0.2) is 0 Å². The first-order valence-electron chi connectivity index (χ1n) is 6.08. The zero-order valence-electron chi connectivity index (χ0n) is 10.8. The molecule has 102 valence electrons. The Kier molecular flexibility index (Phi) is 2.94. The van der Waals surface area contributed by atoms with Crippen molar-refractivity contribution in [3.63, 3.8) is 0 Å². The predicted molar refractivity (Wildman–Crippen MR) is 77.2 cm³/mol. The fourth-order valence-corrected chi connectivity index (χ4v) is 3.18. The number of aryl methyl sites for hydroxylation is 1. The van der Waals surface area contributed by atoms with Gasteiger partial charge in [-0.2, -0.15) is 0 Å². The minimum absolute atomic E-state index is 0.241. The Balaban J connectivity index is 2.03. The number of anilines is 1. The molecule has 0 unspecified atom stereocenters. The average molecular weight is 287 g/mol. The van der Waals surface area contributed by atoms with E-state index in [1.807, 2.05) is 11.3 Å². The molecule has 3 aromatic rings. The molecular weight excluding hydrogens is 274 g/mol. The van der Waals surface area contributed by atoms with Crippen LogP contribution in [0.1, 0.15) is 5.69 Å². The maximum atomic E-state index is 12.3. The molecular formula is C14H13N3O2S. The number of nitrogens with one attached hydrogen (secondary N) is 1. The molecule has 0 aliphatic carbocycles. The molecule has 6 heteroatoms. The number of rotatable bonds is 3. The summed E-state index contributed by atoms with van der Waals surface area (Å²) in [6, 6.07) is 11.8. The molecule has 20 heavy (non-hydrogen) atoms. The molecule has 0 atom stereocenters. The average Bonchev–Trinajstić information content (AvgIpc) is 2.92. The minimum Gasteiger partial charge on any atom is -0.302 e. The van der Waals surface area contributed by atoms with Gasteiger partial charge in [-0.05, 0) is 31.2 Å².